The molecule has 0 heterocycles. The highest BCUT2D eigenvalue weighted by atomic mass is 16.5. The summed E-state index contributed by atoms with van der Waals surface area (Å²) < 4.78 is 9.93. The van der Waals surface area contributed by atoms with E-state index in [0.717, 1.165) is 5.56 Å². The number of nitrogens with zero attached hydrogens (tertiary/aromatic N) is 1. The number of ether oxygens (including phenoxy) is 2. The van der Waals surface area contributed by atoms with Crippen LogP contribution < -0.4 is 0 Å². The van der Waals surface area contributed by atoms with E-state index in [4.69, 9.17) is 9.47 Å². The molecule has 0 unspecified atom stereocenters. The van der Waals surface area contributed by atoms with Gasteiger partial charge in [-0.15, -0.1) is 0 Å². The van der Waals surface area contributed by atoms with Gasteiger partial charge in [0.1, 0.15) is 0 Å². The van der Waals surface area contributed by atoms with E-state index in [1.165, 1.54) is 0 Å². The van der Waals surface area contributed by atoms with Gasteiger partial charge in [0.2, 0.25) is 0 Å². The third-order valence-electron chi connectivity index (χ3n) is 3.10. The molecule has 1 aromatic rings. The number of hydrogen-bond donors (Lipinski definition) is 0. The molecule has 5 heteroatoms. The van der Waals surface area contributed by atoms with Crippen LogP contribution in [0.5, 0.6) is 0 Å². The van der Waals surface area contributed by atoms with Crippen molar-refractivity contribution in [1.82, 2.24) is 4.90 Å². The minimum Gasteiger partial charge on any atom is -0.465 e. The summed E-state index contributed by atoms with van der Waals surface area (Å²) >= 11 is 0. The molecule has 0 aromatic heterocycles. The summed E-state index contributed by atoms with van der Waals surface area (Å²) in [6.07, 6.45) is 0. The van der Waals surface area contributed by atoms with Crippen LogP contribution in [-0.4, -0.2) is 43.1 Å². The normalized spacial score (nSPS) is 12.0. The molecule has 1 atom stereocenters. The molecule has 0 spiro atoms. The standard InChI is InChI=1S/C16H23NO4/c1-4-20-15(18)11-17(12-16(19)21-5-2)13(3)14-9-7-6-8-10-14/h6-10,13H,4-5,11-12H2,1-3H3/t13-/m1/s1. The molecule has 21 heavy (non-hydrogen) atoms. The van der Waals surface area contributed by atoms with Gasteiger partial charge in [-0.05, 0) is 26.3 Å². The van der Waals surface area contributed by atoms with Crippen LogP contribution in [0, 0.1) is 0 Å². The van der Waals surface area contributed by atoms with E-state index in [1.807, 2.05) is 37.3 Å². The van der Waals surface area contributed by atoms with Crippen LogP contribution in [0.4, 0.5) is 0 Å². The van der Waals surface area contributed by atoms with Gasteiger partial charge in [-0.1, -0.05) is 30.3 Å². The monoisotopic (exact) mass is 293 g/mol. The van der Waals surface area contributed by atoms with Crippen LogP contribution in [0.3, 0.4) is 0 Å². The number of benzene rings is 1. The van der Waals surface area contributed by atoms with E-state index in [9.17, 15) is 9.59 Å². The van der Waals surface area contributed by atoms with E-state index >= 15 is 0 Å². The number of hydrogen-bond acceptors (Lipinski definition) is 5. The Hall–Kier alpha value is -1.88. The summed E-state index contributed by atoms with van der Waals surface area (Å²) in [5.74, 6) is -0.686. The molecule has 1 aromatic carbocycles. The summed E-state index contributed by atoms with van der Waals surface area (Å²) in [6.45, 7) is 6.24. The molecule has 0 radical (unpaired) electrons. The Balaban J connectivity index is 2.79. The number of rotatable bonds is 8. The van der Waals surface area contributed by atoms with Crippen LogP contribution in [0.2, 0.25) is 0 Å². The summed E-state index contributed by atoms with van der Waals surface area (Å²) in [6, 6.07) is 9.64. The zero-order chi connectivity index (χ0) is 15.7. The van der Waals surface area contributed by atoms with Gasteiger partial charge >= 0.3 is 11.9 Å². The lowest BCUT2D eigenvalue weighted by molar-refractivity contribution is -0.149. The fraction of sp³-hybridized carbons (Fsp3) is 0.500. The second-order valence-electron chi connectivity index (χ2n) is 4.60. The second kappa shape index (κ2) is 9.13. The van der Waals surface area contributed by atoms with Gasteiger partial charge in [-0.2, -0.15) is 0 Å². The van der Waals surface area contributed by atoms with Crippen molar-refractivity contribution in [2.45, 2.75) is 26.8 Å². The molecule has 0 saturated carbocycles. The van der Waals surface area contributed by atoms with Crippen LogP contribution >= 0.6 is 0 Å². The smallest absolute Gasteiger partial charge is 0.320 e. The van der Waals surface area contributed by atoms with E-state index in [-0.39, 0.29) is 31.1 Å². The van der Waals surface area contributed by atoms with Crippen LogP contribution in [-0.2, 0) is 19.1 Å². The van der Waals surface area contributed by atoms with Crippen molar-refractivity contribution < 1.29 is 19.1 Å². The van der Waals surface area contributed by atoms with Crippen molar-refractivity contribution in [3.8, 4) is 0 Å². The minimum absolute atomic E-state index is 0.0582. The summed E-state index contributed by atoms with van der Waals surface area (Å²) in [5.41, 5.74) is 1.03. The predicted octanol–water partition coefficient (Wildman–Crippen LogP) is 2.18. The fourth-order valence-electron chi connectivity index (χ4n) is 2.02. The van der Waals surface area contributed by atoms with Crippen LogP contribution in [0.1, 0.15) is 32.4 Å². The van der Waals surface area contributed by atoms with Gasteiger partial charge in [-0.25, -0.2) is 0 Å². The Kier molecular flexibility index (Phi) is 7.46. The molecule has 0 aliphatic rings. The Morgan fingerprint density at radius 3 is 1.90 bits per heavy atom. The van der Waals surface area contributed by atoms with Crippen molar-refractivity contribution in [3.05, 3.63) is 35.9 Å². The molecule has 0 fully saturated rings. The third-order valence-corrected chi connectivity index (χ3v) is 3.10. The topological polar surface area (TPSA) is 55.8 Å². The molecule has 5 nitrogen and oxygen atoms in total. The lowest BCUT2D eigenvalue weighted by atomic mass is 10.1. The summed E-state index contributed by atoms with van der Waals surface area (Å²) in [7, 11) is 0. The van der Waals surface area contributed by atoms with Gasteiger partial charge in [0.25, 0.3) is 0 Å². The first-order valence-corrected chi connectivity index (χ1v) is 7.18. The van der Waals surface area contributed by atoms with E-state index < -0.39 is 0 Å². The maximum atomic E-state index is 11.7. The molecule has 0 aliphatic carbocycles. The lowest BCUT2D eigenvalue weighted by Gasteiger charge is -2.27. The largest absolute Gasteiger partial charge is 0.465 e. The predicted molar refractivity (Wildman–Crippen MR) is 79.7 cm³/mol. The third kappa shape index (κ3) is 5.95. The Morgan fingerprint density at radius 2 is 1.48 bits per heavy atom. The summed E-state index contributed by atoms with van der Waals surface area (Å²) in [5, 5.41) is 0. The highest BCUT2D eigenvalue weighted by Gasteiger charge is 2.22. The average molecular weight is 293 g/mol. The van der Waals surface area contributed by atoms with Gasteiger partial charge < -0.3 is 9.47 Å². The first-order valence-electron chi connectivity index (χ1n) is 7.18. The molecule has 0 N–H and O–H groups in total. The van der Waals surface area contributed by atoms with Crippen molar-refractivity contribution in [2.75, 3.05) is 26.3 Å². The van der Waals surface area contributed by atoms with Crippen molar-refractivity contribution >= 4 is 11.9 Å². The first-order chi connectivity index (χ1) is 10.1. The van der Waals surface area contributed by atoms with Crippen molar-refractivity contribution in [1.29, 1.82) is 0 Å². The highest BCUT2D eigenvalue weighted by molar-refractivity contribution is 5.75. The number of carbonyl (C=O) groups is 2. The minimum atomic E-state index is -0.343. The van der Waals surface area contributed by atoms with Crippen LogP contribution in [0.15, 0.2) is 30.3 Å². The van der Waals surface area contributed by atoms with Gasteiger partial charge in [-0.3, -0.25) is 14.5 Å². The molecular weight excluding hydrogens is 270 g/mol. The molecule has 0 aliphatic heterocycles. The van der Waals surface area contributed by atoms with Crippen molar-refractivity contribution in [3.63, 3.8) is 0 Å². The molecular formula is C16H23NO4. The Morgan fingerprint density at radius 1 is 1.00 bits per heavy atom. The second-order valence-corrected chi connectivity index (χ2v) is 4.60. The maximum absolute atomic E-state index is 11.7. The molecule has 0 saturated heterocycles. The van der Waals surface area contributed by atoms with E-state index in [0.29, 0.717) is 13.2 Å². The fourth-order valence-corrected chi connectivity index (χ4v) is 2.02. The molecule has 116 valence electrons. The van der Waals surface area contributed by atoms with E-state index in [1.54, 1.807) is 18.7 Å². The quantitative estimate of drug-likeness (QED) is 0.688. The molecule has 1 rings (SSSR count). The molecule has 0 amide bonds. The van der Waals surface area contributed by atoms with Crippen molar-refractivity contribution in [2.24, 2.45) is 0 Å². The Bertz CT molecular complexity index is 427. The van der Waals surface area contributed by atoms with Gasteiger partial charge in [0.05, 0.1) is 26.3 Å². The van der Waals surface area contributed by atoms with Gasteiger partial charge in [0.15, 0.2) is 0 Å². The molecule has 0 bridgehead atoms. The maximum Gasteiger partial charge on any atom is 0.320 e. The number of esters is 2. The highest BCUT2D eigenvalue weighted by Crippen LogP contribution is 2.19. The zero-order valence-electron chi connectivity index (χ0n) is 12.9. The SMILES string of the molecule is CCOC(=O)CN(CC(=O)OCC)[C@H](C)c1ccccc1. The first kappa shape index (κ1) is 17.2. The summed E-state index contributed by atoms with van der Waals surface area (Å²) in [4.78, 5) is 25.2. The lowest BCUT2D eigenvalue weighted by Crippen LogP contribution is -2.38. The number of carbonyl (C=O) groups excluding carboxylic acids is 2. The van der Waals surface area contributed by atoms with E-state index in [2.05, 4.69) is 0 Å². The van der Waals surface area contributed by atoms with Gasteiger partial charge in [0, 0.05) is 6.04 Å². The average Bonchev–Trinajstić information content (AvgIpc) is 2.47. The zero-order valence-corrected chi connectivity index (χ0v) is 12.9. The Labute approximate surface area is 125 Å². The van der Waals surface area contributed by atoms with Crippen LogP contribution in [0.25, 0.3) is 0 Å².